The quantitative estimate of drug-likeness (QED) is 0.492. The molecular weight excluding hydrogens is 278 g/mol. The first-order valence-electron chi connectivity index (χ1n) is 6.44. The number of hydrogen-bond donors (Lipinski definition) is 3. The third-order valence-corrected chi connectivity index (χ3v) is 2.69. The first-order valence-corrected chi connectivity index (χ1v) is 6.44. The lowest BCUT2D eigenvalue weighted by molar-refractivity contribution is -0.384. The minimum absolute atomic E-state index is 0.0824. The Morgan fingerprint density at radius 1 is 1.33 bits per heavy atom. The van der Waals surface area contributed by atoms with Crippen molar-refractivity contribution in [3.05, 3.63) is 34.4 Å². The molecule has 0 aromatic heterocycles. The second-order valence-electron chi connectivity index (χ2n) is 4.40. The number of anilines is 1. The molecule has 1 rings (SSSR count). The maximum atomic E-state index is 11.8. The van der Waals surface area contributed by atoms with Crippen molar-refractivity contribution < 1.29 is 19.6 Å². The lowest BCUT2D eigenvalue weighted by Crippen LogP contribution is -2.40. The Labute approximate surface area is 121 Å². The fourth-order valence-electron chi connectivity index (χ4n) is 1.63. The molecule has 8 heteroatoms. The minimum atomic E-state index is -1.10. The van der Waals surface area contributed by atoms with Gasteiger partial charge in [0.1, 0.15) is 6.04 Å². The number of benzene rings is 1. The molecule has 0 spiro atoms. The summed E-state index contributed by atoms with van der Waals surface area (Å²) in [5.74, 6) is -1.57. The van der Waals surface area contributed by atoms with Crippen molar-refractivity contribution in [3.8, 4) is 0 Å². The fourth-order valence-corrected chi connectivity index (χ4v) is 1.63. The standard InChI is InChI=1S/C13H17N3O5/c1-2-7-14-11(13(18)19)8-12(17)15-9-3-5-10(6-4-9)16(20)21/h3-6,11,14H,2,7-8H2,1H3,(H,15,17)(H,18,19). The van der Waals surface area contributed by atoms with Crippen LogP contribution in [0.1, 0.15) is 19.8 Å². The SMILES string of the molecule is CCCNC(CC(=O)Nc1ccc([N+](=O)[O-])cc1)C(=O)O. The van der Waals surface area contributed by atoms with E-state index in [2.05, 4.69) is 10.6 Å². The Morgan fingerprint density at radius 3 is 2.43 bits per heavy atom. The van der Waals surface area contributed by atoms with Crippen LogP contribution in [0.3, 0.4) is 0 Å². The number of carboxylic acid groups (broad SMARTS) is 1. The summed E-state index contributed by atoms with van der Waals surface area (Å²) < 4.78 is 0. The van der Waals surface area contributed by atoms with Crippen molar-refractivity contribution in [1.82, 2.24) is 5.32 Å². The minimum Gasteiger partial charge on any atom is -0.480 e. The number of hydrogen-bond acceptors (Lipinski definition) is 5. The highest BCUT2D eigenvalue weighted by molar-refractivity contribution is 5.94. The van der Waals surface area contributed by atoms with Crippen molar-refractivity contribution >= 4 is 23.3 Å². The maximum absolute atomic E-state index is 11.8. The van der Waals surface area contributed by atoms with Crippen LogP contribution in [0.2, 0.25) is 0 Å². The maximum Gasteiger partial charge on any atom is 0.321 e. The molecule has 1 amide bonds. The number of carbonyl (C=O) groups is 2. The zero-order valence-electron chi connectivity index (χ0n) is 11.5. The van der Waals surface area contributed by atoms with Crippen molar-refractivity contribution in [1.29, 1.82) is 0 Å². The van der Waals surface area contributed by atoms with E-state index in [1.165, 1.54) is 24.3 Å². The average Bonchev–Trinajstić information content (AvgIpc) is 2.43. The van der Waals surface area contributed by atoms with Crippen molar-refractivity contribution in [2.24, 2.45) is 0 Å². The molecule has 114 valence electrons. The van der Waals surface area contributed by atoms with Gasteiger partial charge >= 0.3 is 5.97 Å². The van der Waals surface area contributed by atoms with E-state index in [0.29, 0.717) is 12.2 Å². The lowest BCUT2D eigenvalue weighted by atomic mass is 10.2. The van der Waals surface area contributed by atoms with Gasteiger partial charge in [-0.3, -0.25) is 19.7 Å². The number of carboxylic acids is 1. The molecule has 1 aromatic rings. The predicted octanol–water partition coefficient (Wildman–Crippen LogP) is 1.38. The largest absolute Gasteiger partial charge is 0.480 e. The molecule has 1 atom stereocenters. The molecular formula is C13H17N3O5. The number of nitrogens with zero attached hydrogens (tertiary/aromatic N) is 1. The van der Waals surface area contributed by atoms with Crippen LogP contribution in [-0.2, 0) is 9.59 Å². The summed E-state index contributed by atoms with van der Waals surface area (Å²) in [4.78, 5) is 32.7. The van der Waals surface area contributed by atoms with Gasteiger partial charge in [0.2, 0.25) is 5.91 Å². The normalized spacial score (nSPS) is 11.7. The second kappa shape index (κ2) is 7.95. The van der Waals surface area contributed by atoms with Gasteiger partial charge in [-0.1, -0.05) is 6.92 Å². The molecule has 21 heavy (non-hydrogen) atoms. The van der Waals surface area contributed by atoms with Gasteiger partial charge in [0.15, 0.2) is 0 Å². The van der Waals surface area contributed by atoms with E-state index in [1.807, 2.05) is 6.92 Å². The zero-order valence-corrected chi connectivity index (χ0v) is 11.5. The number of aliphatic carboxylic acids is 1. The Morgan fingerprint density at radius 2 is 1.95 bits per heavy atom. The van der Waals surface area contributed by atoms with E-state index in [1.54, 1.807) is 0 Å². The molecule has 0 aliphatic rings. The molecule has 0 heterocycles. The van der Waals surface area contributed by atoms with Crippen LogP contribution in [0, 0.1) is 10.1 Å². The van der Waals surface area contributed by atoms with Gasteiger partial charge in [-0.05, 0) is 25.1 Å². The molecule has 1 aromatic carbocycles. The molecule has 0 bridgehead atoms. The number of nitrogens with one attached hydrogen (secondary N) is 2. The Balaban J connectivity index is 2.59. The lowest BCUT2D eigenvalue weighted by Gasteiger charge is -2.13. The molecule has 0 radical (unpaired) electrons. The first kappa shape index (κ1) is 16.6. The molecule has 3 N–H and O–H groups in total. The van der Waals surface area contributed by atoms with Crippen LogP contribution < -0.4 is 10.6 Å². The van der Waals surface area contributed by atoms with E-state index in [9.17, 15) is 19.7 Å². The van der Waals surface area contributed by atoms with E-state index in [4.69, 9.17) is 5.11 Å². The summed E-state index contributed by atoms with van der Waals surface area (Å²) in [5, 5.41) is 24.8. The highest BCUT2D eigenvalue weighted by atomic mass is 16.6. The topological polar surface area (TPSA) is 122 Å². The Bertz CT molecular complexity index is 515. The van der Waals surface area contributed by atoms with Gasteiger partial charge < -0.3 is 15.7 Å². The number of nitro groups is 1. The molecule has 0 saturated carbocycles. The molecule has 0 aliphatic heterocycles. The summed E-state index contributed by atoms with van der Waals surface area (Å²) in [6.45, 7) is 2.39. The average molecular weight is 295 g/mol. The van der Waals surface area contributed by atoms with Gasteiger partial charge in [-0.2, -0.15) is 0 Å². The van der Waals surface area contributed by atoms with Gasteiger partial charge in [-0.25, -0.2) is 0 Å². The zero-order chi connectivity index (χ0) is 15.8. The number of rotatable bonds is 8. The molecule has 8 nitrogen and oxygen atoms in total. The van der Waals surface area contributed by atoms with Crippen molar-refractivity contribution in [2.75, 3.05) is 11.9 Å². The van der Waals surface area contributed by atoms with Crippen LogP contribution in [0.25, 0.3) is 0 Å². The summed E-state index contributed by atoms with van der Waals surface area (Å²) in [6.07, 6.45) is 0.542. The van der Waals surface area contributed by atoms with E-state index >= 15 is 0 Å². The number of nitro benzene ring substituents is 1. The van der Waals surface area contributed by atoms with Gasteiger partial charge in [0.25, 0.3) is 5.69 Å². The summed E-state index contributed by atoms with van der Waals surface area (Å²) in [6, 6.07) is 4.36. The van der Waals surface area contributed by atoms with Crippen LogP contribution in [0.4, 0.5) is 11.4 Å². The third kappa shape index (κ3) is 5.57. The number of non-ortho nitro benzene ring substituents is 1. The molecule has 0 saturated heterocycles. The van der Waals surface area contributed by atoms with Crippen LogP contribution in [0.5, 0.6) is 0 Å². The number of amides is 1. The Hall–Kier alpha value is -2.48. The van der Waals surface area contributed by atoms with Crippen LogP contribution in [0.15, 0.2) is 24.3 Å². The van der Waals surface area contributed by atoms with Crippen molar-refractivity contribution in [2.45, 2.75) is 25.8 Å². The molecule has 1 unspecified atom stereocenters. The summed E-state index contributed by atoms with van der Waals surface area (Å²) >= 11 is 0. The summed E-state index contributed by atoms with van der Waals surface area (Å²) in [5.41, 5.74) is 0.297. The fraction of sp³-hybridized carbons (Fsp3) is 0.385. The van der Waals surface area contributed by atoms with Gasteiger partial charge in [-0.15, -0.1) is 0 Å². The van der Waals surface area contributed by atoms with E-state index < -0.39 is 22.8 Å². The monoisotopic (exact) mass is 295 g/mol. The van der Waals surface area contributed by atoms with E-state index in [-0.39, 0.29) is 12.1 Å². The smallest absolute Gasteiger partial charge is 0.321 e. The molecule has 0 aliphatic carbocycles. The van der Waals surface area contributed by atoms with Crippen LogP contribution >= 0.6 is 0 Å². The first-order chi connectivity index (χ1) is 9.93. The highest BCUT2D eigenvalue weighted by Gasteiger charge is 2.20. The van der Waals surface area contributed by atoms with E-state index in [0.717, 1.165) is 6.42 Å². The van der Waals surface area contributed by atoms with Gasteiger partial charge in [0, 0.05) is 17.8 Å². The second-order valence-corrected chi connectivity index (χ2v) is 4.40. The van der Waals surface area contributed by atoms with Gasteiger partial charge in [0.05, 0.1) is 11.3 Å². The third-order valence-electron chi connectivity index (χ3n) is 2.69. The predicted molar refractivity (Wildman–Crippen MR) is 76.1 cm³/mol. The highest BCUT2D eigenvalue weighted by Crippen LogP contribution is 2.15. The summed E-state index contributed by atoms with van der Waals surface area (Å²) in [7, 11) is 0. The molecule has 0 fully saturated rings. The van der Waals surface area contributed by atoms with Crippen LogP contribution in [-0.4, -0.2) is 34.5 Å². The number of carbonyl (C=O) groups excluding carboxylic acids is 1. The Kier molecular flexibility index (Phi) is 6.28. The van der Waals surface area contributed by atoms with Crippen molar-refractivity contribution in [3.63, 3.8) is 0 Å².